The molecule has 3 heteroatoms. The Bertz CT molecular complexity index is 419. The smallest absolute Gasteiger partial charge is 0.0244 e. The van der Waals surface area contributed by atoms with Gasteiger partial charge in [0, 0.05) is 23.6 Å². The summed E-state index contributed by atoms with van der Waals surface area (Å²) in [5, 5.41) is 0. The van der Waals surface area contributed by atoms with Crippen LogP contribution >= 0.6 is 15.9 Å². The summed E-state index contributed by atoms with van der Waals surface area (Å²) in [5.74, 6) is 0.879. The van der Waals surface area contributed by atoms with E-state index in [0.717, 1.165) is 18.5 Å². The second-order valence-corrected chi connectivity index (χ2v) is 6.82. The van der Waals surface area contributed by atoms with E-state index >= 15 is 0 Å². The van der Waals surface area contributed by atoms with Crippen LogP contribution in [-0.4, -0.2) is 18.0 Å². The van der Waals surface area contributed by atoms with Crippen LogP contribution in [0, 0.1) is 5.92 Å². The number of hydrogen-bond acceptors (Lipinski definition) is 2. The van der Waals surface area contributed by atoms with Gasteiger partial charge in [-0.15, -0.1) is 0 Å². The second-order valence-electron chi connectivity index (χ2n) is 5.97. The van der Waals surface area contributed by atoms with E-state index < -0.39 is 0 Å². The number of hydrogen-bond donors (Lipinski definition) is 1. The van der Waals surface area contributed by atoms with E-state index in [0.29, 0.717) is 6.54 Å². The Balaban J connectivity index is 2.00. The zero-order valence-electron chi connectivity index (χ0n) is 12.0. The first kappa shape index (κ1) is 15.0. The summed E-state index contributed by atoms with van der Waals surface area (Å²) < 4.78 is 1.19. The molecule has 0 bridgehead atoms. The maximum absolute atomic E-state index is 5.67. The molecule has 2 rings (SSSR count). The highest BCUT2D eigenvalue weighted by molar-refractivity contribution is 9.10. The average Bonchev–Trinajstić information content (AvgIpc) is 2.41. The van der Waals surface area contributed by atoms with Crippen LogP contribution in [0.2, 0.25) is 0 Å². The lowest BCUT2D eigenvalue weighted by Crippen LogP contribution is -2.35. The summed E-state index contributed by atoms with van der Waals surface area (Å²) >= 11 is 3.67. The van der Waals surface area contributed by atoms with Crippen LogP contribution in [0.4, 0.5) is 0 Å². The topological polar surface area (TPSA) is 29.3 Å². The molecular weight excluding hydrogens is 300 g/mol. The van der Waals surface area contributed by atoms with Crippen LogP contribution in [0.3, 0.4) is 0 Å². The monoisotopic (exact) mass is 324 g/mol. The summed E-state index contributed by atoms with van der Waals surface area (Å²) in [6.45, 7) is 4.00. The highest BCUT2D eigenvalue weighted by Gasteiger charge is 2.22. The van der Waals surface area contributed by atoms with Crippen LogP contribution in [0.1, 0.15) is 43.7 Å². The molecule has 0 heterocycles. The van der Waals surface area contributed by atoms with Gasteiger partial charge in [0.2, 0.25) is 0 Å². The zero-order chi connectivity index (χ0) is 13.8. The van der Waals surface area contributed by atoms with Crippen molar-refractivity contribution in [2.24, 2.45) is 11.7 Å². The average molecular weight is 325 g/mol. The maximum Gasteiger partial charge on any atom is 0.0244 e. The SMILES string of the molecule is CC1CCCC(N(C)Cc2ccc(CN)cc2Br)C1. The molecule has 0 saturated heterocycles. The first-order valence-electron chi connectivity index (χ1n) is 7.27. The normalized spacial score (nSPS) is 23.8. The molecule has 0 spiro atoms. The van der Waals surface area contributed by atoms with Gasteiger partial charge in [-0.05, 0) is 43.0 Å². The minimum absolute atomic E-state index is 0.606. The molecule has 106 valence electrons. The largest absolute Gasteiger partial charge is 0.326 e. The number of rotatable bonds is 4. The molecule has 19 heavy (non-hydrogen) atoms. The van der Waals surface area contributed by atoms with Gasteiger partial charge in [-0.2, -0.15) is 0 Å². The molecule has 1 saturated carbocycles. The highest BCUT2D eigenvalue weighted by atomic mass is 79.9. The van der Waals surface area contributed by atoms with Gasteiger partial charge < -0.3 is 5.73 Å². The van der Waals surface area contributed by atoms with Crippen molar-refractivity contribution < 1.29 is 0 Å². The molecule has 2 N–H and O–H groups in total. The molecule has 1 aromatic rings. The van der Waals surface area contributed by atoms with Crippen LogP contribution in [-0.2, 0) is 13.1 Å². The molecule has 0 radical (unpaired) electrons. The molecule has 1 aromatic carbocycles. The van der Waals surface area contributed by atoms with Crippen molar-refractivity contribution >= 4 is 15.9 Å². The third-order valence-corrected chi connectivity index (χ3v) is 5.04. The summed E-state index contributed by atoms with van der Waals surface area (Å²) in [4.78, 5) is 2.51. The van der Waals surface area contributed by atoms with Gasteiger partial charge in [-0.25, -0.2) is 0 Å². The Labute approximate surface area is 125 Å². The minimum Gasteiger partial charge on any atom is -0.326 e. The lowest BCUT2D eigenvalue weighted by Gasteiger charge is -2.34. The van der Waals surface area contributed by atoms with E-state index in [-0.39, 0.29) is 0 Å². The van der Waals surface area contributed by atoms with E-state index in [1.165, 1.54) is 41.3 Å². The van der Waals surface area contributed by atoms with Crippen molar-refractivity contribution in [2.45, 2.75) is 51.7 Å². The lowest BCUT2D eigenvalue weighted by atomic mass is 9.86. The van der Waals surface area contributed by atoms with Gasteiger partial charge in [-0.1, -0.05) is 47.8 Å². The molecule has 2 nitrogen and oxygen atoms in total. The van der Waals surface area contributed by atoms with E-state index in [1.807, 2.05) is 0 Å². The van der Waals surface area contributed by atoms with Crippen LogP contribution in [0.15, 0.2) is 22.7 Å². The maximum atomic E-state index is 5.67. The number of halogens is 1. The number of benzene rings is 1. The Kier molecular flexibility index (Phi) is 5.43. The number of nitrogens with zero attached hydrogens (tertiary/aromatic N) is 1. The van der Waals surface area contributed by atoms with Crippen molar-refractivity contribution in [2.75, 3.05) is 7.05 Å². The van der Waals surface area contributed by atoms with Gasteiger partial charge in [-0.3, -0.25) is 4.90 Å². The molecular formula is C16H25BrN2. The van der Waals surface area contributed by atoms with E-state index in [2.05, 4.69) is 53.0 Å². The summed E-state index contributed by atoms with van der Waals surface area (Å²) in [6.07, 6.45) is 5.47. The van der Waals surface area contributed by atoms with Gasteiger partial charge in [0.15, 0.2) is 0 Å². The summed E-state index contributed by atoms with van der Waals surface area (Å²) in [6, 6.07) is 7.23. The Morgan fingerprint density at radius 2 is 2.16 bits per heavy atom. The van der Waals surface area contributed by atoms with Gasteiger partial charge >= 0.3 is 0 Å². The fraction of sp³-hybridized carbons (Fsp3) is 0.625. The van der Waals surface area contributed by atoms with E-state index in [1.54, 1.807) is 0 Å². The molecule has 2 unspecified atom stereocenters. The Morgan fingerprint density at radius 3 is 2.79 bits per heavy atom. The predicted octanol–water partition coefficient (Wildman–Crippen LogP) is 3.92. The van der Waals surface area contributed by atoms with Crippen LogP contribution in [0.5, 0.6) is 0 Å². The quantitative estimate of drug-likeness (QED) is 0.909. The summed E-state index contributed by atoms with van der Waals surface area (Å²) in [7, 11) is 2.26. The zero-order valence-corrected chi connectivity index (χ0v) is 13.6. The third-order valence-electron chi connectivity index (χ3n) is 4.30. The van der Waals surface area contributed by atoms with E-state index in [4.69, 9.17) is 5.73 Å². The van der Waals surface area contributed by atoms with Crippen LogP contribution < -0.4 is 5.73 Å². The summed E-state index contributed by atoms with van der Waals surface area (Å²) in [5.41, 5.74) is 8.21. The van der Waals surface area contributed by atoms with Crippen molar-refractivity contribution in [3.05, 3.63) is 33.8 Å². The molecule has 1 aliphatic carbocycles. The standard InChI is InChI=1S/C16H25BrN2/c1-12-4-3-5-15(8-12)19(2)11-14-7-6-13(10-18)9-16(14)17/h6-7,9,12,15H,3-5,8,10-11,18H2,1-2H3. The first-order chi connectivity index (χ1) is 9.10. The minimum atomic E-state index is 0.606. The van der Waals surface area contributed by atoms with Gasteiger partial charge in [0.25, 0.3) is 0 Å². The third kappa shape index (κ3) is 4.04. The van der Waals surface area contributed by atoms with Crippen molar-refractivity contribution in [3.63, 3.8) is 0 Å². The highest BCUT2D eigenvalue weighted by Crippen LogP contribution is 2.28. The molecule has 2 atom stereocenters. The fourth-order valence-electron chi connectivity index (χ4n) is 3.05. The molecule has 0 aromatic heterocycles. The molecule has 0 amide bonds. The van der Waals surface area contributed by atoms with Crippen molar-refractivity contribution in [1.29, 1.82) is 0 Å². The first-order valence-corrected chi connectivity index (χ1v) is 8.07. The Morgan fingerprint density at radius 1 is 1.37 bits per heavy atom. The lowest BCUT2D eigenvalue weighted by molar-refractivity contribution is 0.157. The van der Waals surface area contributed by atoms with Crippen molar-refractivity contribution in [1.82, 2.24) is 4.90 Å². The van der Waals surface area contributed by atoms with Gasteiger partial charge in [0.1, 0.15) is 0 Å². The Hall–Kier alpha value is -0.380. The van der Waals surface area contributed by atoms with E-state index in [9.17, 15) is 0 Å². The van der Waals surface area contributed by atoms with Crippen molar-refractivity contribution in [3.8, 4) is 0 Å². The van der Waals surface area contributed by atoms with Gasteiger partial charge in [0.05, 0.1) is 0 Å². The fourth-order valence-corrected chi connectivity index (χ4v) is 3.60. The molecule has 0 aliphatic heterocycles. The molecule has 1 fully saturated rings. The van der Waals surface area contributed by atoms with Crippen LogP contribution in [0.25, 0.3) is 0 Å². The second kappa shape index (κ2) is 6.87. The number of nitrogens with two attached hydrogens (primary N) is 1. The predicted molar refractivity (Wildman–Crippen MR) is 84.9 cm³/mol. The molecule has 1 aliphatic rings.